The lowest BCUT2D eigenvalue weighted by atomic mass is 10.0. The molecule has 0 saturated heterocycles. The molecule has 0 bridgehead atoms. The third kappa shape index (κ3) is 32.1. The van der Waals surface area contributed by atoms with E-state index in [4.69, 9.17) is 4.74 Å². The number of unbranched alkanes of at least 4 members (excludes halogenated alkanes) is 17. The van der Waals surface area contributed by atoms with Crippen molar-refractivity contribution in [3.63, 3.8) is 0 Å². The quantitative estimate of drug-likeness (QED) is 0.210. The maximum Gasteiger partial charge on any atom is 0.0437 e. The number of hydrogen-bond donors (Lipinski definition) is 0. The van der Waals surface area contributed by atoms with E-state index in [1.165, 1.54) is 116 Å². The van der Waals surface area contributed by atoms with Gasteiger partial charge < -0.3 is 4.74 Å². The fourth-order valence-electron chi connectivity index (χ4n) is 3.18. The van der Waals surface area contributed by atoms with Gasteiger partial charge in [0.05, 0.1) is 0 Å². The van der Waals surface area contributed by atoms with E-state index in [9.17, 15) is 0 Å². The van der Waals surface area contributed by atoms with Gasteiger partial charge in [0.15, 0.2) is 0 Å². The molecular formula is C24H52O. The lowest BCUT2D eigenvalue weighted by molar-refractivity contribution is 0.162. The third-order valence-electron chi connectivity index (χ3n) is 4.87. The molecular weight excluding hydrogens is 304 g/mol. The molecule has 25 heavy (non-hydrogen) atoms. The van der Waals surface area contributed by atoms with E-state index in [2.05, 4.69) is 13.8 Å². The van der Waals surface area contributed by atoms with Crippen molar-refractivity contribution in [3.8, 4) is 0 Å². The van der Waals surface area contributed by atoms with Gasteiger partial charge in [0.25, 0.3) is 0 Å². The summed E-state index contributed by atoms with van der Waals surface area (Å²) in [6.45, 7) is 10.3. The fourth-order valence-corrected chi connectivity index (χ4v) is 3.18. The molecule has 1 heteroatoms. The Hall–Kier alpha value is -0.0400. The monoisotopic (exact) mass is 356 g/mol. The first-order valence-electron chi connectivity index (χ1n) is 11.9. The van der Waals surface area contributed by atoms with E-state index in [1.807, 2.05) is 13.8 Å². The van der Waals surface area contributed by atoms with Crippen LogP contribution in [0.15, 0.2) is 0 Å². The molecule has 0 fully saturated rings. The smallest absolute Gasteiger partial charge is 0.0437 e. The molecule has 0 aliphatic rings. The highest BCUT2D eigenvalue weighted by Crippen LogP contribution is 2.14. The SMILES string of the molecule is CCCCCCCCCCCCCCCCCCCC.CCOCC. The van der Waals surface area contributed by atoms with Crippen molar-refractivity contribution < 1.29 is 4.74 Å². The van der Waals surface area contributed by atoms with E-state index in [-0.39, 0.29) is 0 Å². The van der Waals surface area contributed by atoms with Gasteiger partial charge in [0.1, 0.15) is 0 Å². The van der Waals surface area contributed by atoms with E-state index < -0.39 is 0 Å². The van der Waals surface area contributed by atoms with Gasteiger partial charge in [0.2, 0.25) is 0 Å². The topological polar surface area (TPSA) is 9.23 Å². The first-order valence-corrected chi connectivity index (χ1v) is 11.9. The molecule has 0 heterocycles. The van der Waals surface area contributed by atoms with Crippen LogP contribution in [0.4, 0.5) is 0 Å². The molecule has 0 atom stereocenters. The van der Waals surface area contributed by atoms with Crippen LogP contribution < -0.4 is 0 Å². The molecule has 0 aliphatic carbocycles. The summed E-state index contributed by atoms with van der Waals surface area (Å²) < 4.78 is 4.83. The van der Waals surface area contributed by atoms with Crippen LogP contribution in [-0.4, -0.2) is 13.2 Å². The Bertz CT molecular complexity index is 171. The minimum absolute atomic E-state index is 0.844. The second-order valence-corrected chi connectivity index (χ2v) is 7.44. The minimum atomic E-state index is 0.844. The normalized spacial score (nSPS) is 10.6. The number of ether oxygens (including phenoxy) is 1. The van der Waals surface area contributed by atoms with E-state index in [0.717, 1.165) is 13.2 Å². The Morgan fingerprint density at radius 3 is 0.640 bits per heavy atom. The van der Waals surface area contributed by atoms with Gasteiger partial charge in [-0.05, 0) is 13.8 Å². The summed E-state index contributed by atoms with van der Waals surface area (Å²) >= 11 is 0. The van der Waals surface area contributed by atoms with Crippen LogP contribution in [0.3, 0.4) is 0 Å². The molecule has 0 amide bonds. The lowest BCUT2D eigenvalue weighted by Gasteiger charge is -2.03. The lowest BCUT2D eigenvalue weighted by Crippen LogP contribution is -1.84. The highest BCUT2D eigenvalue weighted by molar-refractivity contribution is 4.50. The van der Waals surface area contributed by atoms with Crippen molar-refractivity contribution in [3.05, 3.63) is 0 Å². The average Bonchev–Trinajstić information content (AvgIpc) is 2.62. The van der Waals surface area contributed by atoms with Crippen LogP contribution in [0, 0.1) is 0 Å². The number of hydrogen-bond acceptors (Lipinski definition) is 1. The van der Waals surface area contributed by atoms with Crippen LogP contribution in [0.5, 0.6) is 0 Å². The van der Waals surface area contributed by atoms with Crippen LogP contribution in [0.2, 0.25) is 0 Å². The maximum absolute atomic E-state index is 4.83. The van der Waals surface area contributed by atoms with Gasteiger partial charge >= 0.3 is 0 Å². The Balaban J connectivity index is 0. The second-order valence-electron chi connectivity index (χ2n) is 7.44. The molecule has 0 aromatic heterocycles. The molecule has 1 nitrogen and oxygen atoms in total. The minimum Gasteiger partial charge on any atom is -0.382 e. The first kappa shape index (κ1) is 27.2. The molecule has 0 aromatic rings. The van der Waals surface area contributed by atoms with Crippen LogP contribution in [0.25, 0.3) is 0 Å². The van der Waals surface area contributed by atoms with E-state index in [1.54, 1.807) is 0 Å². The van der Waals surface area contributed by atoms with Crippen molar-refractivity contribution in [2.75, 3.05) is 13.2 Å². The summed E-state index contributed by atoms with van der Waals surface area (Å²) in [4.78, 5) is 0. The number of rotatable bonds is 19. The molecule has 0 radical (unpaired) electrons. The molecule has 0 rings (SSSR count). The highest BCUT2D eigenvalue weighted by atomic mass is 16.5. The van der Waals surface area contributed by atoms with Gasteiger partial charge in [-0.1, -0.05) is 129 Å². The largest absolute Gasteiger partial charge is 0.382 e. The van der Waals surface area contributed by atoms with Crippen LogP contribution >= 0.6 is 0 Å². The molecule has 0 spiro atoms. The molecule has 0 N–H and O–H groups in total. The standard InChI is InChI=1S/C20H42.C4H10O/c1-3-5-7-9-11-13-15-17-19-20-18-16-14-12-10-8-6-4-2;1-3-5-4-2/h3-20H2,1-2H3;3-4H2,1-2H3. The van der Waals surface area contributed by atoms with Gasteiger partial charge in [-0.25, -0.2) is 0 Å². The summed E-state index contributed by atoms with van der Waals surface area (Å²) in [7, 11) is 0. The van der Waals surface area contributed by atoms with Gasteiger partial charge in [-0.2, -0.15) is 0 Å². The van der Waals surface area contributed by atoms with E-state index in [0.29, 0.717) is 0 Å². The zero-order valence-electron chi connectivity index (χ0n) is 18.6. The third-order valence-corrected chi connectivity index (χ3v) is 4.87. The molecule has 154 valence electrons. The van der Waals surface area contributed by atoms with Gasteiger partial charge in [-0.3, -0.25) is 0 Å². The van der Waals surface area contributed by atoms with E-state index >= 15 is 0 Å². The Morgan fingerprint density at radius 2 is 0.520 bits per heavy atom. The van der Waals surface area contributed by atoms with Crippen LogP contribution in [0.1, 0.15) is 143 Å². The predicted octanol–water partition coefficient (Wildman–Crippen LogP) is 9.09. The predicted molar refractivity (Wildman–Crippen MR) is 117 cm³/mol. The van der Waals surface area contributed by atoms with Crippen molar-refractivity contribution in [2.45, 2.75) is 143 Å². The zero-order chi connectivity index (χ0) is 18.8. The van der Waals surface area contributed by atoms with Crippen LogP contribution in [-0.2, 0) is 4.74 Å². The summed E-state index contributed by atoms with van der Waals surface area (Å²) in [5, 5.41) is 0. The first-order chi connectivity index (χ1) is 12.3. The molecule has 0 saturated carbocycles. The summed E-state index contributed by atoms with van der Waals surface area (Å²) in [6, 6.07) is 0. The molecule has 0 aliphatic heterocycles. The molecule has 0 aromatic carbocycles. The van der Waals surface area contributed by atoms with Crippen molar-refractivity contribution >= 4 is 0 Å². The highest BCUT2D eigenvalue weighted by Gasteiger charge is 1.94. The Kier molecular flexibility index (Phi) is 31.3. The fraction of sp³-hybridized carbons (Fsp3) is 1.00. The van der Waals surface area contributed by atoms with Gasteiger partial charge in [0, 0.05) is 13.2 Å². The zero-order valence-corrected chi connectivity index (χ0v) is 18.6. The van der Waals surface area contributed by atoms with Crippen molar-refractivity contribution in [2.24, 2.45) is 0 Å². The van der Waals surface area contributed by atoms with Crippen molar-refractivity contribution in [1.82, 2.24) is 0 Å². The van der Waals surface area contributed by atoms with Crippen molar-refractivity contribution in [1.29, 1.82) is 0 Å². The Morgan fingerprint density at radius 1 is 0.320 bits per heavy atom. The maximum atomic E-state index is 4.83. The second kappa shape index (κ2) is 28.8. The Labute approximate surface area is 161 Å². The average molecular weight is 357 g/mol. The summed E-state index contributed by atoms with van der Waals surface area (Å²) in [6.07, 6.45) is 26.4. The van der Waals surface area contributed by atoms with Gasteiger partial charge in [-0.15, -0.1) is 0 Å². The summed E-state index contributed by atoms with van der Waals surface area (Å²) in [5.74, 6) is 0. The summed E-state index contributed by atoms with van der Waals surface area (Å²) in [5.41, 5.74) is 0. The molecule has 0 unspecified atom stereocenters.